The van der Waals surface area contributed by atoms with Crippen molar-refractivity contribution in [1.29, 1.82) is 0 Å². The normalized spacial score (nSPS) is 12.7. The van der Waals surface area contributed by atoms with Gasteiger partial charge in [-0.15, -0.1) is 0 Å². The molecule has 0 unspecified atom stereocenters. The fraction of sp³-hybridized carbons (Fsp3) is 0.588. The molecule has 1 N–H and O–H groups in total. The summed E-state index contributed by atoms with van der Waals surface area (Å²) in [5, 5.41) is 4.56. The van der Waals surface area contributed by atoms with E-state index in [1.165, 1.54) is 0 Å². The van der Waals surface area contributed by atoms with Crippen LogP contribution in [0.1, 0.15) is 48.0 Å². The molecule has 21 heavy (non-hydrogen) atoms. The summed E-state index contributed by atoms with van der Waals surface area (Å²) < 4.78 is 6.71. The lowest BCUT2D eigenvalue weighted by Gasteiger charge is -2.33. The van der Waals surface area contributed by atoms with Gasteiger partial charge in [-0.25, -0.2) is 4.98 Å². The van der Waals surface area contributed by atoms with Gasteiger partial charge in [0.15, 0.2) is 5.13 Å². The Bertz CT molecular complexity index is 611. The van der Waals surface area contributed by atoms with Gasteiger partial charge in [-0.2, -0.15) is 0 Å². The van der Waals surface area contributed by atoms with Crippen molar-refractivity contribution < 1.29 is 4.74 Å². The molecule has 0 radical (unpaired) electrons. The maximum atomic E-state index is 5.55. The fourth-order valence-electron chi connectivity index (χ4n) is 2.87. The lowest BCUT2D eigenvalue weighted by Crippen LogP contribution is -2.35. The van der Waals surface area contributed by atoms with Crippen LogP contribution in [0.15, 0.2) is 18.2 Å². The predicted molar refractivity (Wildman–Crippen MR) is 92.6 cm³/mol. The zero-order chi connectivity index (χ0) is 15.7. The van der Waals surface area contributed by atoms with Crippen molar-refractivity contribution >= 4 is 26.7 Å². The number of benzene rings is 1. The molecule has 0 fully saturated rings. The highest BCUT2D eigenvalue weighted by atomic mass is 32.1. The van der Waals surface area contributed by atoms with E-state index in [-0.39, 0.29) is 11.0 Å². The average Bonchev–Trinajstić information content (AvgIpc) is 2.66. The molecule has 1 heterocycles. The Hall–Kier alpha value is -1.29. The van der Waals surface area contributed by atoms with E-state index in [1.807, 2.05) is 19.1 Å². The SMILES string of the molecule is CCOc1ccc2nc(NC(C)(C)CC(C)(C)C)sc2c1. The molecule has 0 bridgehead atoms. The van der Waals surface area contributed by atoms with Crippen molar-refractivity contribution in [2.75, 3.05) is 11.9 Å². The third-order valence-corrected chi connectivity index (χ3v) is 4.02. The Morgan fingerprint density at radius 1 is 1.19 bits per heavy atom. The third kappa shape index (κ3) is 4.60. The van der Waals surface area contributed by atoms with Crippen LogP contribution in [-0.2, 0) is 0 Å². The second-order valence-corrected chi connectivity index (χ2v) is 8.36. The van der Waals surface area contributed by atoms with Crippen molar-refractivity contribution in [3.8, 4) is 5.75 Å². The Labute approximate surface area is 131 Å². The molecule has 0 atom stereocenters. The number of thiazole rings is 1. The number of nitrogens with zero attached hydrogens (tertiary/aromatic N) is 1. The molecular formula is C17H26N2OS. The van der Waals surface area contributed by atoms with Crippen LogP contribution in [0, 0.1) is 5.41 Å². The van der Waals surface area contributed by atoms with Gasteiger partial charge in [0, 0.05) is 5.54 Å². The topological polar surface area (TPSA) is 34.1 Å². The molecule has 116 valence electrons. The molecule has 1 aromatic carbocycles. The minimum Gasteiger partial charge on any atom is -0.494 e. The molecule has 0 aliphatic rings. The summed E-state index contributed by atoms with van der Waals surface area (Å²) in [6.45, 7) is 14.0. The van der Waals surface area contributed by atoms with Crippen LogP contribution in [0.4, 0.5) is 5.13 Å². The molecule has 0 saturated heterocycles. The molecule has 4 heteroatoms. The summed E-state index contributed by atoms with van der Waals surface area (Å²) in [7, 11) is 0. The molecule has 1 aromatic heterocycles. The molecular weight excluding hydrogens is 280 g/mol. The van der Waals surface area contributed by atoms with E-state index in [2.05, 4.69) is 51.0 Å². The van der Waals surface area contributed by atoms with E-state index >= 15 is 0 Å². The fourth-order valence-corrected chi connectivity index (χ4v) is 3.95. The van der Waals surface area contributed by atoms with Gasteiger partial charge >= 0.3 is 0 Å². The van der Waals surface area contributed by atoms with E-state index in [9.17, 15) is 0 Å². The van der Waals surface area contributed by atoms with Gasteiger partial charge in [0.2, 0.25) is 0 Å². The van der Waals surface area contributed by atoms with E-state index in [1.54, 1.807) is 11.3 Å². The molecule has 0 saturated carbocycles. The standard InChI is InChI=1S/C17H26N2OS/c1-7-20-12-8-9-13-14(10-12)21-15(18-13)19-17(5,6)11-16(2,3)4/h8-10H,7,11H2,1-6H3,(H,18,19). The second kappa shape index (κ2) is 5.84. The Kier molecular flexibility index (Phi) is 4.47. The monoisotopic (exact) mass is 306 g/mol. The molecule has 0 amide bonds. The molecule has 0 aliphatic carbocycles. The van der Waals surface area contributed by atoms with Crippen LogP contribution in [0.3, 0.4) is 0 Å². The zero-order valence-corrected chi connectivity index (χ0v) is 14.7. The maximum Gasteiger partial charge on any atom is 0.184 e. The van der Waals surface area contributed by atoms with Crippen molar-refractivity contribution in [3.05, 3.63) is 18.2 Å². The van der Waals surface area contributed by atoms with E-state index in [0.29, 0.717) is 6.61 Å². The first-order chi connectivity index (χ1) is 9.68. The lowest BCUT2D eigenvalue weighted by atomic mass is 9.82. The van der Waals surface area contributed by atoms with Gasteiger partial charge in [-0.1, -0.05) is 32.1 Å². The summed E-state index contributed by atoms with van der Waals surface area (Å²) in [5.41, 5.74) is 1.34. The first-order valence-electron chi connectivity index (χ1n) is 7.50. The van der Waals surface area contributed by atoms with Gasteiger partial charge in [-0.05, 0) is 50.8 Å². The summed E-state index contributed by atoms with van der Waals surface area (Å²) >= 11 is 1.69. The van der Waals surface area contributed by atoms with Crippen LogP contribution in [0.2, 0.25) is 0 Å². The Morgan fingerprint density at radius 3 is 2.52 bits per heavy atom. The number of rotatable bonds is 5. The van der Waals surface area contributed by atoms with Crippen LogP contribution in [0.5, 0.6) is 5.75 Å². The van der Waals surface area contributed by atoms with E-state index in [0.717, 1.165) is 27.5 Å². The minimum atomic E-state index is 0.0227. The van der Waals surface area contributed by atoms with E-state index in [4.69, 9.17) is 4.74 Å². The highest BCUT2D eigenvalue weighted by Gasteiger charge is 2.26. The summed E-state index contributed by atoms with van der Waals surface area (Å²) in [5.74, 6) is 0.911. The van der Waals surface area contributed by atoms with E-state index < -0.39 is 0 Å². The minimum absolute atomic E-state index is 0.0227. The van der Waals surface area contributed by atoms with Crippen LogP contribution >= 0.6 is 11.3 Å². The maximum absolute atomic E-state index is 5.55. The third-order valence-electron chi connectivity index (χ3n) is 3.09. The Balaban J connectivity index is 2.19. The smallest absolute Gasteiger partial charge is 0.184 e. The Morgan fingerprint density at radius 2 is 1.90 bits per heavy atom. The quantitative estimate of drug-likeness (QED) is 0.811. The summed E-state index contributed by atoms with van der Waals surface area (Å²) in [6.07, 6.45) is 1.08. The number of nitrogens with one attached hydrogen (secondary N) is 1. The largest absolute Gasteiger partial charge is 0.494 e. The molecule has 0 spiro atoms. The highest BCUT2D eigenvalue weighted by Crippen LogP contribution is 2.34. The number of anilines is 1. The predicted octanol–water partition coefficient (Wildman–Crippen LogP) is 5.32. The average molecular weight is 306 g/mol. The van der Waals surface area contributed by atoms with Crippen molar-refractivity contribution in [3.63, 3.8) is 0 Å². The molecule has 3 nitrogen and oxygen atoms in total. The summed E-state index contributed by atoms with van der Waals surface area (Å²) in [4.78, 5) is 4.68. The lowest BCUT2D eigenvalue weighted by molar-refractivity contribution is 0.302. The molecule has 0 aliphatic heterocycles. The number of fused-ring (bicyclic) bond motifs is 1. The number of ether oxygens (including phenoxy) is 1. The van der Waals surface area contributed by atoms with Gasteiger partial charge in [0.25, 0.3) is 0 Å². The van der Waals surface area contributed by atoms with Gasteiger partial charge in [0.05, 0.1) is 16.8 Å². The number of hydrogen-bond donors (Lipinski definition) is 1. The first kappa shape index (κ1) is 16.1. The second-order valence-electron chi connectivity index (χ2n) is 7.33. The van der Waals surface area contributed by atoms with Crippen molar-refractivity contribution in [2.45, 2.75) is 53.5 Å². The summed E-state index contributed by atoms with van der Waals surface area (Å²) in [6, 6.07) is 6.08. The van der Waals surface area contributed by atoms with Gasteiger partial charge in [0.1, 0.15) is 5.75 Å². The molecule has 2 aromatic rings. The zero-order valence-electron chi connectivity index (χ0n) is 13.9. The molecule has 2 rings (SSSR count). The van der Waals surface area contributed by atoms with Crippen LogP contribution in [0.25, 0.3) is 10.2 Å². The highest BCUT2D eigenvalue weighted by molar-refractivity contribution is 7.22. The number of hydrogen-bond acceptors (Lipinski definition) is 4. The first-order valence-corrected chi connectivity index (χ1v) is 8.32. The van der Waals surface area contributed by atoms with Crippen LogP contribution < -0.4 is 10.1 Å². The van der Waals surface area contributed by atoms with Crippen molar-refractivity contribution in [2.24, 2.45) is 5.41 Å². The van der Waals surface area contributed by atoms with Gasteiger partial charge < -0.3 is 10.1 Å². The van der Waals surface area contributed by atoms with Crippen molar-refractivity contribution in [1.82, 2.24) is 4.98 Å². The van der Waals surface area contributed by atoms with Gasteiger partial charge in [-0.3, -0.25) is 0 Å². The van der Waals surface area contributed by atoms with Crippen LogP contribution in [-0.4, -0.2) is 17.1 Å². The number of aromatic nitrogens is 1.